The average Bonchev–Trinajstić information content (AvgIpc) is 2.48. The summed E-state index contributed by atoms with van der Waals surface area (Å²) < 4.78 is 0. The Hall–Kier alpha value is -1.66. The number of benzene rings is 1. The number of aliphatic hydroxyl groups excluding tert-OH is 1. The SMILES string of the molecule is O=C(NC1(CO)CCCCC1)c1cccc([N+](=O)[O-])c1Cl. The van der Waals surface area contributed by atoms with Crippen molar-refractivity contribution in [1.82, 2.24) is 5.32 Å². The van der Waals surface area contributed by atoms with Gasteiger partial charge in [0.1, 0.15) is 5.02 Å². The lowest BCUT2D eigenvalue weighted by Gasteiger charge is -2.36. The molecule has 1 aliphatic rings. The number of carbonyl (C=O) groups excluding carboxylic acids is 1. The maximum atomic E-state index is 12.3. The van der Waals surface area contributed by atoms with E-state index in [-0.39, 0.29) is 22.9 Å². The molecule has 0 aliphatic heterocycles. The van der Waals surface area contributed by atoms with Crippen molar-refractivity contribution in [1.29, 1.82) is 0 Å². The van der Waals surface area contributed by atoms with Gasteiger partial charge in [-0.15, -0.1) is 0 Å². The zero-order valence-corrected chi connectivity index (χ0v) is 12.2. The zero-order chi connectivity index (χ0) is 15.5. The fourth-order valence-electron chi connectivity index (χ4n) is 2.70. The van der Waals surface area contributed by atoms with Crippen molar-refractivity contribution in [3.05, 3.63) is 38.9 Å². The van der Waals surface area contributed by atoms with Gasteiger partial charge in [0.15, 0.2) is 0 Å². The molecule has 1 saturated carbocycles. The molecule has 1 aliphatic carbocycles. The molecule has 0 spiro atoms. The number of nitro benzene ring substituents is 1. The van der Waals surface area contributed by atoms with E-state index in [1.165, 1.54) is 18.2 Å². The van der Waals surface area contributed by atoms with E-state index < -0.39 is 16.4 Å². The first-order chi connectivity index (χ1) is 9.99. The minimum atomic E-state index is -0.650. The number of amides is 1. The topological polar surface area (TPSA) is 92.5 Å². The minimum absolute atomic E-state index is 0.0595. The molecule has 0 radical (unpaired) electrons. The molecular formula is C14H17ClN2O4. The second-order valence-corrected chi connectivity index (χ2v) is 5.73. The summed E-state index contributed by atoms with van der Waals surface area (Å²) in [6, 6.07) is 4.12. The van der Waals surface area contributed by atoms with Crippen LogP contribution in [-0.4, -0.2) is 28.1 Å². The highest BCUT2D eigenvalue weighted by Gasteiger charge is 2.34. The number of carbonyl (C=O) groups is 1. The minimum Gasteiger partial charge on any atom is -0.394 e. The highest BCUT2D eigenvalue weighted by molar-refractivity contribution is 6.35. The standard InChI is InChI=1S/C14H17ClN2O4/c15-12-10(5-4-6-11(12)17(20)21)13(19)16-14(9-18)7-2-1-3-8-14/h4-6,18H,1-3,7-9H2,(H,16,19). The average molecular weight is 313 g/mol. The van der Waals surface area contributed by atoms with Gasteiger partial charge in [-0.3, -0.25) is 14.9 Å². The molecule has 0 bridgehead atoms. The molecule has 2 rings (SSSR count). The van der Waals surface area contributed by atoms with Gasteiger partial charge in [-0.25, -0.2) is 0 Å². The Balaban J connectivity index is 2.24. The van der Waals surface area contributed by atoms with Crippen LogP contribution < -0.4 is 5.32 Å². The molecule has 6 nitrogen and oxygen atoms in total. The largest absolute Gasteiger partial charge is 0.394 e. The van der Waals surface area contributed by atoms with E-state index in [0.29, 0.717) is 12.8 Å². The van der Waals surface area contributed by atoms with Crippen molar-refractivity contribution in [2.45, 2.75) is 37.6 Å². The van der Waals surface area contributed by atoms with Crippen LogP contribution >= 0.6 is 11.6 Å². The number of rotatable bonds is 4. The third kappa shape index (κ3) is 3.33. The van der Waals surface area contributed by atoms with Crippen LogP contribution in [-0.2, 0) is 0 Å². The third-order valence-electron chi connectivity index (χ3n) is 3.91. The normalized spacial score (nSPS) is 17.2. The van der Waals surface area contributed by atoms with Crippen LogP contribution in [0.25, 0.3) is 0 Å². The molecule has 1 aromatic carbocycles. The first-order valence-electron chi connectivity index (χ1n) is 6.85. The molecule has 0 heterocycles. The summed E-state index contributed by atoms with van der Waals surface area (Å²) in [5.41, 5.74) is -0.890. The van der Waals surface area contributed by atoms with E-state index in [2.05, 4.69) is 5.32 Å². The van der Waals surface area contributed by atoms with E-state index in [4.69, 9.17) is 11.6 Å². The van der Waals surface area contributed by atoms with E-state index in [1.54, 1.807) is 0 Å². The highest BCUT2D eigenvalue weighted by Crippen LogP contribution is 2.31. The Bertz CT molecular complexity index is 556. The van der Waals surface area contributed by atoms with Crippen LogP contribution in [0.15, 0.2) is 18.2 Å². The van der Waals surface area contributed by atoms with Gasteiger partial charge in [-0.1, -0.05) is 36.9 Å². The quantitative estimate of drug-likeness (QED) is 0.660. The Labute approximate surface area is 127 Å². The number of hydrogen-bond donors (Lipinski definition) is 2. The van der Waals surface area contributed by atoms with Crippen LogP contribution in [0.4, 0.5) is 5.69 Å². The van der Waals surface area contributed by atoms with E-state index in [1.807, 2.05) is 0 Å². The van der Waals surface area contributed by atoms with E-state index in [0.717, 1.165) is 19.3 Å². The first-order valence-corrected chi connectivity index (χ1v) is 7.23. The van der Waals surface area contributed by atoms with Gasteiger partial charge in [-0.2, -0.15) is 0 Å². The lowest BCUT2D eigenvalue weighted by Crippen LogP contribution is -2.52. The van der Waals surface area contributed by atoms with Crippen LogP contribution in [0, 0.1) is 10.1 Å². The Morgan fingerprint density at radius 1 is 1.38 bits per heavy atom. The maximum absolute atomic E-state index is 12.3. The van der Waals surface area contributed by atoms with Crippen LogP contribution in [0.5, 0.6) is 0 Å². The summed E-state index contributed by atoms with van der Waals surface area (Å²) in [7, 11) is 0. The number of halogens is 1. The lowest BCUT2D eigenvalue weighted by atomic mass is 9.82. The number of nitrogens with zero attached hydrogens (tertiary/aromatic N) is 1. The highest BCUT2D eigenvalue weighted by atomic mass is 35.5. The number of hydrogen-bond acceptors (Lipinski definition) is 4. The van der Waals surface area contributed by atoms with Crippen molar-refractivity contribution in [3.63, 3.8) is 0 Å². The molecule has 1 fully saturated rings. The molecule has 114 valence electrons. The zero-order valence-electron chi connectivity index (χ0n) is 11.5. The second-order valence-electron chi connectivity index (χ2n) is 5.35. The van der Waals surface area contributed by atoms with Crippen molar-refractivity contribution < 1.29 is 14.8 Å². The summed E-state index contributed by atoms with van der Waals surface area (Å²) in [5, 5.41) is 23.1. The summed E-state index contributed by atoms with van der Waals surface area (Å²) >= 11 is 5.94. The molecule has 0 aromatic heterocycles. The first kappa shape index (κ1) is 15.7. The maximum Gasteiger partial charge on any atom is 0.288 e. The molecule has 0 unspecified atom stereocenters. The lowest BCUT2D eigenvalue weighted by molar-refractivity contribution is -0.384. The molecule has 7 heteroatoms. The van der Waals surface area contributed by atoms with Crippen LogP contribution in [0.3, 0.4) is 0 Å². The molecule has 2 N–H and O–H groups in total. The van der Waals surface area contributed by atoms with Gasteiger partial charge >= 0.3 is 0 Å². The Morgan fingerprint density at radius 3 is 2.62 bits per heavy atom. The molecule has 21 heavy (non-hydrogen) atoms. The van der Waals surface area contributed by atoms with Crippen molar-refractivity contribution >= 4 is 23.2 Å². The Kier molecular flexibility index (Phi) is 4.80. The summed E-state index contributed by atoms with van der Waals surface area (Å²) in [6.07, 6.45) is 4.34. The Morgan fingerprint density at radius 2 is 2.05 bits per heavy atom. The fourth-order valence-corrected chi connectivity index (χ4v) is 2.98. The van der Waals surface area contributed by atoms with Gasteiger partial charge in [0.25, 0.3) is 11.6 Å². The predicted molar refractivity (Wildman–Crippen MR) is 78.5 cm³/mol. The van der Waals surface area contributed by atoms with Crippen molar-refractivity contribution in [2.24, 2.45) is 0 Å². The molecule has 1 aromatic rings. The molecular weight excluding hydrogens is 296 g/mol. The van der Waals surface area contributed by atoms with E-state index >= 15 is 0 Å². The number of nitro groups is 1. The smallest absolute Gasteiger partial charge is 0.288 e. The van der Waals surface area contributed by atoms with Gasteiger partial charge < -0.3 is 10.4 Å². The predicted octanol–water partition coefficient (Wildman–Crippen LogP) is 2.67. The summed E-state index contributed by atoms with van der Waals surface area (Å²) in [6.45, 7) is -0.148. The summed E-state index contributed by atoms with van der Waals surface area (Å²) in [5.74, 6) is -0.486. The molecule has 1 amide bonds. The monoisotopic (exact) mass is 312 g/mol. The van der Waals surface area contributed by atoms with E-state index in [9.17, 15) is 20.0 Å². The van der Waals surface area contributed by atoms with Crippen LogP contribution in [0.1, 0.15) is 42.5 Å². The van der Waals surface area contributed by atoms with Gasteiger partial charge in [0, 0.05) is 6.07 Å². The number of aliphatic hydroxyl groups is 1. The molecule has 0 saturated heterocycles. The van der Waals surface area contributed by atoms with Gasteiger partial charge in [-0.05, 0) is 18.9 Å². The molecule has 0 atom stereocenters. The second kappa shape index (κ2) is 6.41. The van der Waals surface area contributed by atoms with Gasteiger partial charge in [0.05, 0.1) is 22.6 Å². The number of nitrogens with one attached hydrogen (secondary N) is 1. The third-order valence-corrected chi connectivity index (χ3v) is 4.31. The van der Waals surface area contributed by atoms with Crippen molar-refractivity contribution in [2.75, 3.05) is 6.61 Å². The van der Waals surface area contributed by atoms with Gasteiger partial charge in [0.2, 0.25) is 0 Å². The van der Waals surface area contributed by atoms with Crippen LogP contribution in [0.2, 0.25) is 5.02 Å². The summed E-state index contributed by atoms with van der Waals surface area (Å²) in [4.78, 5) is 22.6. The fraction of sp³-hybridized carbons (Fsp3) is 0.500. The van der Waals surface area contributed by atoms with Crippen molar-refractivity contribution in [3.8, 4) is 0 Å².